The maximum absolute atomic E-state index is 14.1. The van der Waals surface area contributed by atoms with Gasteiger partial charge in [-0.3, -0.25) is 0 Å². The zero-order chi connectivity index (χ0) is 31.2. The lowest BCUT2D eigenvalue weighted by Gasteiger charge is -2.37. The number of fused-ring (bicyclic) bond motifs is 3. The molecule has 45 heavy (non-hydrogen) atoms. The second-order valence-corrected chi connectivity index (χ2v) is 10.4. The van der Waals surface area contributed by atoms with Crippen molar-refractivity contribution in [2.24, 2.45) is 0 Å². The van der Waals surface area contributed by atoms with Crippen LogP contribution in [-0.4, -0.2) is 51.7 Å². The summed E-state index contributed by atoms with van der Waals surface area (Å²) in [6.07, 6.45) is 3.91. The summed E-state index contributed by atoms with van der Waals surface area (Å²) in [5, 5.41) is 10.6. The Balaban J connectivity index is 1.62. The number of hydrogen-bond donors (Lipinski definition) is 1. The van der Waals surface area contributed by atoms with Gasteiger partial charge in [0.1, 0.15) is 23.9 Å². The van der Waals surface area contributed by atoms with Crippen molar-refractivity contribution in [2.75, 3.05) is 40.6 Å². The Bertz CT molecular complexity index is 1770. The van der Waals surface area contributed by atoms with Crippen LogP contribution >= 0.6 is 0 Å². The van der Waals surface area contributed by atoms with Crippen LogP contribution in [0.25, 0.3) is 28.0 Å². The van der Waals surface area contributed by atoms with E-state index in [9.17, 15) is 4.79 Å². The topological polar surface area (TPSA) is 83.5 Å². The largest absolute Gasteiger partial charge is 0.497 e. The fourth-order valence-corrected chi connectivity index (χ4v) is 5.69. The summed E-state index contributed by atoms with van der Waals surface area (Å²) in [5.74, 6) is 1.34. The van der Waals surface area contributed by atoms with E-state index in [4.69, 9.17) is 28.8 Å². The van der Waals surface area contributed by atoms with Gasteiger partial charge >= 0.3 is 5.97 Å². The molecule has 7 nitrogen and oxygen atoms in total. The van der Waals surface area contributed by atoms with Gasteiger partial charge in [0.15, 0.2) is 5.60 Å². The van der Waals surface area contributed by atoms with Gasteiger partial charge in [0.2, 0.25) is 0 Å². The van der Waals surface area contributed by atoms with Crippen molar-refractivity contribution in [1.29, 1.82) is 0 Å². The Morgan fingerprint density at radius 2 is 1.62 bits per heavy atom. The van der Waals surface area contributed by atoms with E-state index in [2.05, 4.69) is 12.1 Å². The Morgan fingerprint density at radius 3 is 2.33 bits per heavy atom. The molecule has 0 aromatic heterocycles. The van der Waals surface area contributed by atoms with Gasteiger partial charge in [-0.15, -0.1) is 0 Å². The molecule has 1 N–H and O–H groups in total. The third-order valence-corrected chi connectivity index (χ3v) is 7.82. The number of methoxy groups -OCH3 is 2. The second-order valence-electron chi connectivity index (χ2n) is 10.4. The van der Waals surface area contributed by atoms with Gasteiger partial charge < -0.3 is 28.8 Å². The van der Waals surface area contributed by atoms with E-state index in [0.29, 0.717) is 33.9 Å². The zero-order valence-corrected chi connectivity index (χ0v) is 25.0. The molecule has 0 bridgehead atoms. The van der Waals surface area contributed by atoms with E-state index < -0.39 is 11.6 Å². The van der Waals surface area contributed by atoms with E-state index in [-0.39, 0.29) is 26.4 Å². The van der Waals surface area contributed by atoms with Crippen LogP contribution in [0.2, 0.25) is 0 Å². The fourth-order valence-electron chi connectivity index (χ4n) is 5.69. The number of aliphatic hydroxyl groups is 1. The van der Waals surface area contributed by atoms with Crippen LogP contribution in [0.3, 0.4) is 0 Å². The van der Waals surface area contributed by atoms with Crippen molar-refractivity contribution in [3.63, 3.8) is 0 Å². The molecule has 0 saturated carbocycles. The lowest BCUT2D eigenvalue weighted by atomic mass is 9.81. The number of hydrogen-bond acceptors (Lipinski definition) is 7. The molecule has 0 aliphatic carbocycles. The maximum atomic E-state index is 14.1. The first-order valence-electron chi connectivity index (χ1n) is 14.6. The third-order valence-electron chi connectivity index (χ3n) is 7.82. The lowest BCUT2D eigenvalue weighted by molar-refractivity contribution is 0.0258. The normalized spacial score (nSPS) is 13.0. The van der Waals surface area contributed by atoms with Crippen LogP contribution in [0.1, 0.15) is 27.0 Å². The Kier molecular flexibility index (Phi) is 8.70. The van der Waals surface area contributed by atoms with Crippen molar-refractivity contribution >= 4 is 22.8 Å². The molecule has 1 aliphatic rings. The molecule has 7 heteroatoms. The van der Waals surface area contributed by atoms with E-state index in [0.717, 1.165) is 27.5 Å². The molecule has 5 aromatic carbocycles. The van der Waals surface area contributed by atoms with Crippen molar-refractivity contribution in [2.45, 2.75) is 5.60 Å². The first-order valence-corrected chi connectivity index (χ1v) is 14.6. The molecule has 0 spiro atoms. The zero-order valence-electron chi connectivity index (χ0n) is 25.0. The lowest BCUT2D eigenvalue weighted by Crippen LogP contribution is -2.34. The van der Waals surface area contributed by atoms with E-state index in [1.165, 1.54) is 0 Å². The summed E-state index contributed by atoms with van der Waals surface area (Å²) in [5.41, 5.74) is 3.19. The Hall–Kier alpha value is -5.29. The Labute approximate surface area is 262 Å². The van der Waals surface area contributed by atoms with Crippen LogP contribution in [-0.2, 0) is 15.1 Å². The first-order chi connectivity index (χ1) is 22.1. The van der Waals surface area contributed by atoms with Crippen molar-refractivity contribution in [3.8, 4) is 28.4 Å². The summed E-state index contributed by atoms with van der Waals surface area (Å²) in [4.78, 5) is 14.1. The number of esters is 1. The average Bonchev–Trinajstić information content (AvgIpc) is 3.11. The smallest absolute Gasteiger partial charge is 0.339 e. The minimum absolute atomic E-state index is 0.0190. The fraction of sp³-hybridized carbons (Fsp3) is 0.184. The number of carbonyl (C=O) groups is 1. The quantitative estimate of drug-likeness (QED) is 0.134. The Morgan fingerprint density at radius 1 is 0.844 bits per heavy atom. The molecular formula is C38H32O7. The predicted molar refractivity (Wildman–Crippen MR) is 172 cm³/mol. The summed E-state index contributed by atoms with van der Waals surface area (Å²) < 4.78 is 29.3. The molecule has 0 fully saturated rings. The minimum Gasteiger partial charge on any atom is -0.497 e. The highest BCUT2D eigenvalue weighted by molar-refractivity contribution is 6.14. The molecule has 1 atom stereocenters. The second kappa shape index (κ2) is 13.1. The van der Waals surface area contributed by atoms with Gasteiger partial charge in [-0.05, 0) is 71.6 Å². The minimum atomic E-state index is -1.02. The average molecular weight is 601 g/mol. The molecule has 0 amide bonds. The van der Waals surface area contributed by atoms with Crippen molar-refractivity contribution in [1.82, 2.24) is 0 Å². The van der Waals surface area contributed by atoms with Gasteiger partial charge in [-0.1, -0.05) is 54.6 Å². The number of ether oxygens (including phenoxy) is 5. The van der Waals surface area contributed by atoms with E-state index in [1.807, 2.05) is 103 Å². The molecule has 0 radical (unpaired) electrons. The molecular weight excluding hydrogens is 568 g/mol. The molecule has 1 aliphatic heterocycles. The maximum Gasteiger partial charge on any atom is 0.339 e. The summed E-state index contributed by atoms with van der Waals surface area (Å²) in [7, 11) is 3.23. The number of rotatable bonds is 11. The van der Waals surface area contributed by atoms with Crippen LogP contribution in [0, 0.1) is 12.1 Å². The highest BCUT2D eigenvalue weighted by atomic mass is 16.6. The summed E-state index contributed by atoms with van der Waals surface area (Å²) in [6.45, 7) is 0.224. The van der Waals surface area contributed by atoms with Gasteiger partial charge in [0, 0.05) is 27.6 Å². The van der Waals surface area contributed by atoms with Crippen LogP contribution in [0.4, 0.5) is 0 Å². The van der Waals surface area contributed by atoms with E-state index in [1.54, 1.807) is 14.2 Å². The van der Waals surface area contributed by atoms with Gasteiger partial charge in [-0.2, -0.15) is 0 Å². The highest BCUT2D eigenvalue weighted by Gasteiger charge is 2.40. The molecule has 0 saturated heterocycles. The number of benzene rings is 4. The number of aliphatic hydroxyl groups excluding tert-OH is 1. The van der Waals surface area contributed by atoms with Crippen molar-refractivity contribution in [3.05, 3.63) is 131 Å². The molecule has 1 heterocycles. The van der Waals surface area contributed by atoms with Gasteiger partial charge in [-0.25, -0.2) is 4.79 Å². The van der Waals surface area contributed by atoms with Crippen LogP contribution in [0.5, 0.6) is 17.2 Å². The first kappa shape index (κ1) is 29.8. The predicted octanol–water partition coefficient (Wildman–Crippen LogP) is 6.64. The van der Waals surface area contributed by atoms with Crippen LogP contribution in [0.15, 0.2) is 97.1 Å². The summed E-state index contributed by atoms with van der Waals surface area (Å²) >= 11 is 0. The monoisotopic (exact) mass is 600 g/mol. The highest BCUT2D eigenvalue weighted by Crippen LogP contribution is 2.50. The van der Waals surface area contributed by atoms with Gasteiger partial charge in [0.05, 0.1) is 39.6 Å². The standard InChI is InChI=1S/C38H32O7/c1-41-29-15-13-26(14-16-29)34-31-18-17-30(42-2)25-33(31)36-32(35(34)37(40)44-24-23-43-22-21-39)19-20-38(45-36,27-9-5-3-6-10-27)28-11-7-4-8-12-28/h3,5-7,9-20,25,39H,21-24H2,1-2H3. The van der Waals surface area contributed by atoms with E-state index >= 15 is 0 Å². The molecule has 6 rings (SSSR count). The molecule has 1 unspecified atom stereocenters. The SMILES string of the molecule is COc1ccc(-c2c(C(=O)OCCOCCO)c3c(c4cc(OC)ccc24)OC(c2cc#ccc2)(c2ccccc2)C=C3)cc1. The molecule has 226 valence electrons. The van der Waals surface area contributed by atoms with Crippen LogP contribution < -0.4 is 14.2 Å². The number of carbonyl (C=O) groups excluding carboxylic acids is 1. The third kappa shape index (κ3) is 5.69. The molecule has 5 aromatic rings. The van der Waals surface area contributed by atoms with Gasteiger partial charge in [0.25, 0.3) is 0 Å². The summed E-state index contributed by atoms with van der Waals surface area (Å²) in [6, 6.07) is 34.9. The van der Waals surface area contributed by atoms with Crippen molar-refractivity contribution < 1.29 is 33.6 Å².